The molecule has 1 aliphatic rings. The van der Waals surface area contributed by atoms with E-state index in [-0.39, 0.29) is 9.23 Å². The van der Waals surface area contributed by atoms with Crippen LogP contribution in [0.3, 0.4) is 0 Å². The molecule has 0 amide bonds. The summed E-state index contributed by atoms with van der Waals surface area (Å²) in [7, 11) is -2.31. The molecule has 9 heteroatoms. The number of aliphatic hydroxyl groups excluding tert-OH is 1. The third kappa shape index (κ3) is 2.53. The fraction of sp³-hybridized carbons (Fsp3) is 0.556. The lowest BCUT2D eigenvalue weighted by molar-refractivity contribution is 0.136. The van der Waals surface area contributed by atoms with E-state index in [2.05, 4.69) is 5.32 Å². The van der Waals surface area contributed by atoms with Crippen molar-refractivity contribution in [2.45, 2.75) is 17.0 Å². The number of halogens is 2. The van der Waals surface area contributed by atoms with Crippen LogP contribution in [-0.4, -0.2) is 50.1 Å². The molecule has 2 atom stereocenters. The standard InChI is InChI=1S/C9H12Cl2N2O3S2/c1-13(5-3-12-4-6(5)14)18(15,16)7-2-8(10)17-9(7)11/h2,5-6,12,14H,3-4H2,1H3/t5-,6-/m0/s1. The van der Waals surface area contributed by atoms with E-state index in [1.54, 1.807) is 0 Å². The molecule has 0 saturated carbocycles. The Morgan fingerprint density at radius 2 is 2.17 bits per heavy atom. The minimum atomic E-state index is -3.74. The lowest BCUT2D eigenvalue weighted by atomic mass is 10.2. The number of aliphatic hydroxyl groups is 1. The summed E-state index contributed by atoms with van der Waals surface area (Å²) in [6.07, 6.45) is -0.724. The third-order valence-corrected chi connectivity index (χ3v) is 6.54. The van der Waals surface area contributed by atoms with Crippen molar-refractivity contribution >= 4 is 44.6 Å². The van der Waals surface area contributed by atoms with Gasteiger partial charge in [-0.25, -0.2) is 8.42 Å². The van der Waals surface area contributed by atoms with E-state index >= 15 is 0 Å². The smallest absolute Gasteiger partial charge is 0.245 e. The summed E-state index contributed by atoms with van der Waals surface area (Å²) < 4.78 is 26.3. The Kier molecular flexibility index (Phi) is 4.23. The van der Waals surface area contributed by atoms with Crippen LogP contribution in [0.4, 0.5) is 0 Å². The maximum absolute atomic E-state index is 12.3. The highest BCUT2D eigenvalue weighted by Gasteiger charge is 2.37. The van der Waals surface area contributed by atoms with Gasteiger partial charge in [0.1, 0.15) is 9.23 Å². The van der Waals surface area contributed by atoms with Crippen LogP contribution in [0.25, 0.3) is 0 Å². The second-order valence-electron chi connectivity index (χ2n) is 4.00. The van der Waals surface area contributed by atoms with Crippen LogP contribution in [-0.2, 0) is 10.0 Å². The van der Waals surface area contributed by atoms with Gasteiger partial charge in [-0.1, -0.05) is 23.2 Å². The van der Waals surface area contributed by atoms with Crippen LogP contribution in [0.5, 0.6) is 0 Å². The van der Waals surface area contributed by atoms with Crippen LogP contribution >= 0.6 is 34.5 Å². The van der Waals surface area contributed by atoms with E-state index in [0.717, 1.165) is 15.6 Å². The fourth-order valence-corrected chi connectivity index (χ4v) is 5.35. The van der Waals surface area contributed by atoms with Crippen molar-refractivity contribution in [1.82, 2.24) is 9.62 Å². The van der Waals surface area contributed by atoms with Crippen molar-refractivity contribution < 1.29 is 13.5 Å². The summed E-state index contributed by atoms with van der Waals surface area (Å²) in [5.74, 6) is 0. The van der Waals surface area contributed by atoms with E-state index in [4.69, 9.17) is 23.2 Å². The zero-order chi connectivity index (χ0) is 13.5. The van der Waals surface area contributed by atoms with Crippen LogP contribution in [0.15, 0.2) is 11.0 Å². The second kappa shape index (κ2) is 5.24. The first kappa shape index (κ1) is 14.5. The first-order valence-corrected chi connectivity index (χ1v) is 8.17. The number of thiophene rings is 1. The summed E-state index contributed by atoms with van der Waals surface area (Å²) >= 11 is 12.6. The molecular weight excluding hydrogens is 319 g/mol. The number of nitrogens with one attached hydrogen (secondary N) is 1. The highest BCUT2D eigenvalue weighted by molar-refractivity contribution is 7.89. The van der Waals surface area contributed by atoms with E-state index in [0.29, 0.717) is 17.4 Å². The number of β-amino-alcohol motifs (C(OH)–C–C–N with tert-alkyl or cyclic N) is 1. The summed E-state index contributed by atoms with van der Waals surface area (Å²) in [6, 6.07) is 0.833. The summed E-state index contributed by atoms with van der Waals surface area (Å²) in [5, 5.41) is 12.7. The Bertz CT molecular complexity index is 546. The summed E-state index contributed by atoms with van der Waals surface area (Å²) in [4.78, 5) is -0.0132. The first-order valence-electron chi connectivity index (χ1n) is 5.15. The molecule has 0 aliphatic carbocycles. The average molecular weight is 331 g/mol. The van der Waals surface area contributed by atoms with Crippen LogP contribution in [0, 0.1) is 0 Å². The molecule has 1 aliphatic heterocycles. The number of hydrogen-bond acceptors (Lipinski definition) is 5. The molecular formula is C9H12Cl2N2O3S2. The van der Waals surface area contributed by atoms with Gasteiger partial charge >= 0.3 is 0 Å². The first-order chi connectivity index (χ1) is 8.34. The third-order valence-electron chi connectivity index (χ3n) is 2.90. The molecule has 5 nitrogen and oxygen atoms in total. The monoisotopic (exact) mass is 330 g/mol. The van der Waals surface area contributed by atoms with E-state index in [1.165, 1.54) is 13.1 Å². The van der Waals surface area contributed by atoms with Crippen LogP contribution in [0.1, 0.15) is 0 Å². The highest BCUT2D eigenvalue weighted by Crippen LogP contribution is 2.36. The predicted molar refractivity (Wildman–Crippen MR) is 72.0 cm³/mol. The molecule has 2 rings (SSSR count). The summed E-state index contributed by atoms with van der Waals surface area (Å²) in [6.45, 7) is 0.787. The van der Waals surface area contributed by atoms with Gasteiger partial charge in [0.15, 0.2) is 0 Å². The van der Waals surface area contributed by atoms with E-state index < -0.39 is 22.2 Å². The molecule has 0 unspecified atom stereocenters. The molecule has 0 spiro atoms. The molecule has 0 bridgehead atoms. The maximum atomic E-state index is 12.3. The van der Waals surface area contributed by atoms with Crippen molar-refractivity contribution in [3.8, 4) is 0 Å². The Hall–Kier alpha value is 0.110. The van der Waals surface area contributed by atoms with Gasteiger partial charge in [-0.3, -0.25) is 0 Å². The minimum Gasteiger partial charge on any atom is -0.390 e. The SMILES string of the molecule is CN([C@H]1CNC[C@@H]1O)S(=O)(=O)c1cc(Cl)sc1Cl. The van der Waals surface area contributed by atoms with Gasteiger partial charge < -0.3 is 10.4 Å². The average Bonchev–Trinajstić information content (AvgIpc) is 2.83. The lowest BCUT2D eigenvalue weighted by Crippen LogP contribution is -2.44. The quantitative estimate of drug-likeness (QED) is 0.867. The number of rotatable bonds is 3. The molecule has 0 radical (unpaired) electrons. The largest absolute Gasteiger partial charge is 0.390 e. The zero-order valence-electron chi connectivity index (χ0n) is 9.43. The molecule has 18 heavy (non-hydrogen) atoms. The predicted octanol–water partition coefficient (Wildman–Crippen LogP) is 1.01. The number of hydrogen-bond donors (Lipinski definition) is 2. The Balaban J connectivity index is 2.34. The molecule has 1 fully saturated rings. The van der Waals surface area contributed by atoms with Crippen molar-refractivity contribution in [1.29, 1.82) is 0 Å². The Morgan fingerprint density at radius 1 is 1.50 bits per heavy atom. The Labute approximate surface area is 119 Å². The lowest BCUT2D eigenvalue weighted by Gasteiger charge is -2.25. The van der Waals surface area contributed by atoms with Gasteiger partial charge in [-0.05, 0) is 6.07 Å². The van der Waals surface area contributed by atoms with Crippen molar-refractivity contribution in [2.24, 2.45) is 0 Å². The van der Waals surface area contributed by atoms with Crippen molar-refractivity contribution in [3.05, 3.63) is 14.7 Å². The maximum Gasteiger partial charge on any atom is 0.245 e. The van der Waals surface area contributed by atoms with Gasteiger partial charge in [0.2, 0.25) is 10.0 Å². The highest BCUT2D eigenvalue weighted by atomic mass is 35.5. The van der Waals surface area contributed by atoms with Crippen LogP contribution in [0.2, 0.25) is 8.67 Å². The van der Waals surface area contributed by atoms with Crippen molar-refractivity contribution in [2.75, 3.05) is 20.1 Å². The Morgan fingerprint density at radius 3 is 2.61 bits per heavy atom. The summed E-state index contributed by atoms with van der Waals surface area (Å²) in [5.41, 5.74) is 0. The van der Waals surface area contributed by atoms with Gasteiger partial charge in [-0.2, -0.15) is 4.31 Å². The van der Waals surface area contributed by atoms with Gasteiger partial charge in [-0.15, -0.1) is 11.3 Å². The van der Waals surface area contributed by atoms with Gasteiger partial charge in [0.05, 0.1) is 16.5 Å². The van der Waals surface area contributed by atoms with Crippen molar-refractivity contribution in [3.63, 3.8) is 0 Å². The minimum absolute atomic E-state index is 0.0132. The molecule has 0 aromatic carbocycles. The molecule has 1 aromatic rings. The van der Waals surface area contributed by atoms with Crippen LogP contribution < -0.4 is 5.32 Å². The number of nitrogens with zero attached hydrogens (tertiary/aromatic N) is 1. The zero-order valence-corrected chi connectivity index (χ0v) is 12.6. The van der Waals surface area contributed by atoms with E-state index in [1.807, 2.05) is 0 Å². The normalized spacial score (nSPS) is 24.9. The van der Waals surface area contributed by atoms with Gasteiger partial charge in [0.25, 0.3) is 0 Å². The molecule has 2 heterocycles. The fourth-order valence-electron chi connectivity index (χ4n) is 1.86. The molecule has 102 valence electrons. The topological polar surface area (TPSA) is 69.6 Å². The molecule has 1 aromatic heterocycles. The van der Waals surface area contributed by atoms with Gasteiger partial charge in [0, 0.05) is 20.1 Å². The van der Waals surface area contributed by atoms with E-state index in [9.17, 15) is 13.5 Å². The number of sulfonamides is 1. The molecule has 2 N–H and O–H groups in total. The number of likely N-dealkylation sites (N-methyl/N-ethyl adjacent to an activating group) is 1. The molecule has 1 saturated heterocycles. The second-order valence-corrected chi connectivity index (χ2v) is 8.25.